The van der Waals surface area contributed by atoms with Crippen LogP contribution in [0.25, 0.3) is 0 Å². The van der Waals surface area contributed by atoms with E-state index in [0.29, 0.717) is 5.69 Å². The summed E-state index contributed by atoms with van der Waals surface area (Å²) in [5.41, 5.74) is 1.59. The molecule has 1 unspecified atom stereocenters. The second kappa shape index (κ2) is 4.80. The molecule has 0 spiro atoms. The zero-order valence-electron chi connectivity index (χ0n) is 9.72. The zero-order valence-corrected chi connectivity index (χ0v) is 9.72. The van der Waals surface area contributed by atoms with E-state index in [9.17, 15) is 13.2 Å². The van der Waals surface area contributed by atoms with Crippen LogP contribution in [0, 0.1) is 0 Å². The largest absolute Gasteiger partial charge is 0.408 e. The maximum absolute atomic E-state index is 12.2. The predicted octanol–water partition coefficient (Wildman–Crippen LogP) is 2.99. The van der Waals surface area contributed by atoms with Crippen molar-refractivity contribution in [2.75, 3.05) is 0 Å². The van der Waals surface area contributed by atoms with Crippen molar-refractivity contribution >= 4 is 0 Å². The van der Waals surface area contributed by atoms with Crippen LogP contribution in [0.4, 0.5) is 13.2 Å². The molecule has 2 aromatic rings. The molecule has 2 heterocycles. The predicted molar refractivity (Wildman–Crippen MR) is 60.0 cm³/mol. The Morgan fingerprint density at radius 2 is 1.89 bits per heavy atom. The van der Waals surface area contributed by atoms with Crippen LogP contribution >= 0.6 is 0 Å². The fraction of sp³-hybridized carbons (Fsp3) is 0.333. The first-order valence-corrected chi connectivity index (χ1v) is 5.46. The average Bonchev–Trinajstić information content (AvgIpc) is 2.75. The maximum atomic E-state index is 12.2. The molecule has 1 atom stereocenters. The lowest BCUT2D eigenvalue weighted by atomic mass is 9.99. The highest BCUT2D eigenvalue weighted by Crippen LogP contribution is 2.23. The van der Waals surface area contributed by atoms with Crippen LogP contribution < -0.4 is 0 Å². The number of nitrogens with zero attached hydrogens (tertiary/aromatic N) is 3. The second-order valence-electron chi connectivity index (χ2n) is 4.06. The van der Waals surface area contributed by atoms with Gasteiger partial charge in [0.1, 0.15) is 6.54 Å². The van der Waals surface area contributed by atoms with E-state index in [1.165, 1.54) is 6.20 Å². The van der Waals surface area contributed by atoms with Crippen LogP contribution in [0.3, 0.4) is 0 Å². The molecule has 0 bridgehead atoms. The quantitative estimate of drug-likeness (QED) is 0.844. The van der Waals surface area contributed by atoms with Gasteiger partial charge in [-0.15, -0.1) is 0 Å². The van der Waals surface area contributed by atoms with Crippen molar-refractivity contribution in [3.63, 3.8) is 0 Å². The van der Waals surface area contributed by atoms with Gasteiger partial charge in [0, 0.05) is 24.5 Å². The lowest BCUT2D eigenvalue weighted by Crippen LogP contribution is -2.18. The monoisotopic (exact) mass is 255 g/mol. The Hall–Kier alpha value is -1.85. The zero-order chi connectivity index (χ0) is 13.2. The Morgan fingerprint density at radius 1 is 1.22 bits per heavy atom. The SMILES string of the molecule is CC(c1ccncc1)c1ccn(CC(F)(F)F)n1. The van der Waals surface area contributed by atoms with E-state index < -0.39 is 12.7 Å². The molecule has 0 N–H and O–H groups in total. The molecule has 18 heavy (non-hydrogen) atoms. The lowest BCUT2D eigenvalue weighted by molar-refractivity contribution is -0.142. The normalized spacial score (nSPS) is 13.6. The van der Waals surface area contributed by atoms with Crippen molar-refractivity contribution in [2.45, 2.75) is 25.6 Å². The summed E-state index contributed by atoms with van der Waals surface area (Å²) in [4.78, 5) is 3.90. The van der Waals surface area contributed by atoms with Gasteiger partial charge in [-0.1, -0.05) is 6.92 Å². The lowest BCUT2D eigenvalue weighted by Gasteiger charge is -2.09. The van der Waals surface area contributed by atoms with Gasteiger partial charge in [-0.3, -0.25) is 9.67 Å². The van der Waals surface area contributed by atoms with Gasteiger partial charge in [0.15, 0.2) is 0 Å². The number of pyridine rings is 1. The Balaban J connectivity index is 2.15. The molecule has 0 fully saturated rings. The molecule has 0 radical (unpaired) electrons. The van der Waals surface area contributed by atoms with Crippen molar-refractivity contribution in [3.05, 3.63) is 48.0 Å². The van der Waals surface area contributed by atoms with Crippen molar-refractivity contribution in [1.82, 2.24) is 14.8 Å². The third-order valence-electron chi connectivity index (χ3n) is 2.65. The molecule has 0 aromatic carbocycles. The van der Waals surface area contributed by atoms with E-state index in [1.807, 2.05) is 19.1 Å². The number of hydrogen-bond donors (Lipinski definition) is 0. The number of halogens is 3. The van der Waals surface area contributed by atoms with Crippen LogP contribution in [0.15, 0.2) is 36.8 Å². The van der Waals surface area contributed by atoms with Gasteiger partial charge in [0.25, 0.3) is 0 Å². The number of rotatable bonds is 3. The summed E-state index contributed by atoms with van der Waals surface area (Å²) in [7, 11) is 0. The molecule has 0 saturated heterocycles. The van der Waals surface area contributed by atoms with Gasteiger partial charge in [0.2, 0.25) is 0 Å². The van der Waals surface area contributed by atoms with Gasteiger partial charge < -0.3 is 0 Å². The molecule has 0 saturated carbocycles. The molecule has 0 amide bonds. The molecule has 2 aromatic heterocycles. The van der Waals surface area contributed by atoms with Crippen LogP contribution in [-0.4, -0.2) is 20.9 Å². The van der Waals surface area contributed by atoms with E-state index in [2.05, 4.69) is 10.1 Å². The van der Waals surface area contributed by atoms with Gasteiger partial charge >= 0.3 is 6.18 Å². The van der Waals surface area contributed by atoms with Crippen molar-refractivity contribution in [1.29, 1.82) is 0 Å². The minimum atomic E-state index is -4.25. The van der Waals surface area contributed by atoms with Gasteiger partial charge in [-0.25, -0.2) is 0 Å². The first-order chi connectivity index (χ1) is 8.46. The number of hydrogen-bond acceptors (Lipinski definition) is 2. The summed E-state index contributed by atoms with van der Waals surface area (Å²) < 4.78 is 37.5. The highest BCUT2D eigenvalue weighted by molar-refractivity contribution is 5.24. The van der Waals surface area contributed by atoms with Crippen molar-refractivity contribution in [3.8, 4) is 0 Å². The molecule has 96 valence electrons. The fourth-order valence-corrected chi connectivity index (χ4v) is 1.70. The summed E-state index contributed by atoms with van der Waals surface area (Å²) in [5, 5.41) is 3.95. The van der Waals surface area contributed by atoms with Crippen molar-refractivity contribution < 1.29 is 13.2 Å². The maximum Gasteiger partial charge on any atom is 0.408 e. The smallest absolute Gasteiger partial charge is 0.265 e. The minimum absolute atomic E-state index is 0.0533. The van der Waals surface area contributed by atoms with Gasteiger partial charge in [0.05, 0.1) is 5.69 Å². The molecule has 0 aliphatic heterocycles. The van der Waals surface area contributed by atoms with Crippen LogP contribution in [0.2, 0.25) is 0 Å². The highest BCUT2D eigenvalue weighted by Gasteiger charge is 2.28. The minimum Gasteiger partial charge on any atom is -0.265 e. The standard InChI is InChI=1S/C12H12F3N3/c1-9(10-2-5-16-6-3-10)11-4-7-18(17-11)8-12(13,14)15/h2-7,9H,8H2,1H3. The number of alkyl halides is 3. The summed E-state index contributed by atoms with van der Waals surface area (Å²) in [6, 6.07) is 5.26. The summed E-state index contributed by atoms with van der Waals surface area (Å²) in [5.74, 6) is -0.0533. The fourth-order valence-electron chi connectivity index (χ4n) is 1.70. The van der Waals surface area contributed by atoms with E-state index in [4.69, 9.17) is 0 Å². The van der Waals surface area contributed by atoms with E-state index in [0.717, 1.165) is 10.2 Å². The molecule has 0 aliphatic rings. The van der Waals surface area contributed by atoms with E-state index in [1.54, 1.807) is 18.5 Å². The average molecular weight is 255 g/mol. The topological polar surface area (TPSA) is 30.7 Å². The first kappa shape index (κ1) is 12.6. The Morgan fingerprint density at radius 3 is 2.50 bits per heavy atom. The Bertz CT molecular complexity index is 505. The first-order valence-electron chi connectivity index (χ1n) is 5.46. The van der Waals surface area contributed by atoms with Crippen LogP contribution in [0.5, 0.6) is 0 Å². The van der Waals surface area contributed by atoms with E-state index in [-0.39, 0.29) is 5.92 Å². The molecular weight excluding hydrogens is 243 g/mol. The van der Waals surface area contributed by atoms with E-state index >= 15 is 0 Å². The second-order valence-corrected chi connectivity index (χ2v) is 4.06. The molecule has 2 rings (SSSR count). The Labute approximate surface area is 102 Å². The van der Waals surface area contributed by atoms with Crippen LogP contribution in [-0.2, 0) is 6.54 Å². The molecular formula is C12H12F3N3. The summed E-state index contributed by atoms with van der Waals surface area (Å²) in [6.45, 7) is 0.839. The molecule has 3 nitrogen and oxygen atoms in total. The molecule has 0 aliphatic carbocycles. The van der Waals surface area contributed by atoms with Crippen molar-refractivity contribution in [2.24, 2.45) is 0 Å². The van der Waals surface area contributed by atoms with Gasteiger partial charge in [-0.05, 0) is 23.8 Å². The van der Waals surface area contributed by atoms with Crippen LogP contribution in [0.1, 0.15) is 24.1 Å². The highest BCUT2D eigenvalue weighted by atomic mass is 19.4. The third kappa shape index (κ3) is 3.09. The Kier molecular flexibility index (Phi) is 3.36. The third-order valence-corrected chi connectivity index (χ3v) is 2.65. The summed E-state index contributed by atoms with van der Waals surface area (Å²) >= 11 is 0. The molecule has 6 heteroatoms. The van der Waals surface area contributed by atoms with Gasteiger partial charge in [-0.2, -0.15) is 18.3 Å². The number of aromatic nitrogens is 3. The summed E-state index contributed by atoms with van der Waals surface area (Å²) in [6.07, 6.45) is 0.404.